The summed E-state index contributed by atoms with van der Waals surface area (Å²) < 4.78 is 37.0. The number of carbonyl (C=O) groups is 4. The van der Waals surface area contributed by atoms with Gasteiger partial charge in [0.15, 0.2) is 0 Å². The number of hydrogen-bond acceptors (Lipinski definition) is 10. The van der Waals surface area contributed by atoms with Gasteiger partial charge in [-0.2, -0.15) is 54.0 Å². The normalized spacial score (nSPS) is 19.1. The van der Waals surface area contributed by atoms with Crippen molar-refractivity contribution in [3.63, 3.8) is 0 Å². The first-order valence-corrected chi connectivity index (χ1v) is 26.4. The maximum atomic E-state index is 17.1. The van der Waals surface area contributed by atoms with E-state index in [2.05, 4.69) is 92.4 Å². The highest BCUT2D eigenvalue weighted by molar-refractivity contribution is 14.1. The molecule has 2 N–H and O–H groups in total. The Hall–Kier alpha value is -4.94. The van der Waals surface area contributed by atoms with Crippen LogP contribution in [0.15, 0.2) is 95.2 Å². The Labute approximate surface area is 488 Å². The number of amides is 4. The highest BCUT2D eigenvalue weighted by atomic mass is 127. The molecule has 76 heavy (non-hydrogen) atoms. The van der Waals surface area contributed by atoms with E-state index >= 15 is 4.39 Å². The summed E-state index contributed by atoms with van der Waals surface area (Å²) in [4.78, 5) is 67.6. The summed E-state index contributed by atoms with van der Waals surface area (Å²) >= 11 is 3.95. The monoisotopic (exact) mass is 1240 g/mol. The Kier molecular flexibility index (Phi) is 20.0. The molecule has 0 radical (unpaired) electrons. The van der Waals surface area contributed by atoms with Crippen molar-refractivity contribution in [2.24, 2.45) is 21.8 Å². The van der Waals surface area contributed by atoms with Gasteiger partial charge in [0.25, 0.3) is 0 Å². The van der Waals surface area contributed by atoms with Crippen LogP contribution in [0, 0.1) is 21.2 Å². The van der Waals surface area contributed by atoms with Gasteiger partial charge in [-0.15, -0.1) is 11.3 Å². The number of allylic oxidation sites excluding steroid dienone is 2. The van der Waals surface area contributed by atoms with Gasteiger partial charge in [-0.05, 0) is 143 Å². The minimum absolute atomic E-state index is 0. The Morgan fingerprint density at radius 3 is 1.79 bits per heavy atom. The molecule has 0 spiro atoms. The second-order valence-corrected chi connectivity index (χ2v) is 22.0. The fourth-order valence-electron chi connectivity index (χ4n) is 10.8. The van der Waals surface area contributed by atoms with Crippen molar-refractivity contribution in [2.45, 2.75) is 96.6 Å². The van der Waals surface area contributed by atoms with E-state index in [1.807, 2.05) is 55.8 Å². The third-order valence-electron chi connectivity index (χ3n) is 14.5. The van der Waals surface area contributed by atoms with Gasteiger partial charge in [-0.1, -0.05) is 45.9 Å². The average molecular weight is 1240 g/mol. The molecule has 0 aliphatic carbocycles. The van der Waals surface area contributed by atoms with Crippen molar-refractivity contribution in [3.8, 4) is 27.4 Å². The van der Waals surface area contributed by atoms with Crippen LogP contribution in [-0.4, -0.2) is 101 Å². The molecular weight excluding hydrogens is 1180 g/mol. The van der Waals surface area contributed by atoms with Gasteiger partial charge < -0.3 is 34.6 Å². The summed E-state index contributed by atoms with van der Waals surface area (Å²) in [5.41, 5.74) is 8.23. The van der Waals surface area contributed by atoms with E-state index in [0.29, 0.717) is 48.5 Å². The molecule has 2 saturated heterocycles. The third kappa shape index (κ3) is 11.7. The molecule has 7 heterocycles. The zero-order valence-electron chi connectivity index (χ0n) is 43.0. The predicted molar refractivity (Wildman–Crippen MR) is 328 cm³/mol. The summed E-state index contributed by atoms with van der Waals surface area (Å²) in [6.45, 7) is 8.71. The number of benzene rings is 3. The van der Waals surface area contributed by atoms with Crippen molar-refractivity contribution in [1.29, 1.82) is 0 Å². The number of aliphatic imine (C=N–C) groups is 2. The molecule has 14 nitrogen and oxygen atoms in total. The first-order valence-electron chi connectivity index (χ1n) is 24.5. The maximum Gasteiger partial charge on any atom is 0.407 e. The zero-order chi connectivity index (χ0) is 50.5. The van der Waals surface area contributed by atoms with Crippen LogP contribution in [0.2, 0.25) is 0 Å². The number of hydrogen-bond donors (Lipinski definition) is 2. The SMILES string of the molecule is COC(=O)N[C@H](C(=O)N1CCC[C@H]1C1=NC=C(c2cc(F)c3c(c2)OC(c2ccc(-c4ccc(I)cc4)s2)n2c-3cc3cc(C4=CN=C([C@@H]5CCCN5C(=O)[C@@H](NC(=O)OC)C(C)C)C4)ccc32)C1)C(C)C.S.S.S.S. The molecule has 0 bridgehead atoms. The Morgan fingerprint density at radius 1 is 0.711 bits per heavy atom. The molecule has 4 amide bonds. The summed E-state index contributed by atoms with van der Waals surface area (Å²) in [5, 5.41) is 6.36. The van der Waals surface area contributed by atoms with Crippen LogP contribution in [0.3, 0.4) is 0 Å². The number of ether oxygens (including phenoxy) is 3. The van der Waals surface area contributed by atoms with Crippen LogP contribution >= 0.6 is 87.9 Å². The van der Waals surface area contributed by atoms with Crippen molar-refractivity contribution in [3.05, 3.63) is 111 Å². The Bertz CT molecular complexity index is 3140. The number of likely N-dealkylation sites (tertiary alicyclic amines) is 2. The van der Waals surface area contributed by atoms with Gasteiger partial charge >= 0.3 is 12.2 Å². The van der Waals surface area contributed by atoms with Crippen LogP contribution in [0.1, 0.15) is 88.5 Å². The van der Waals surface area contributed by atoms with Gasteiger partial charge in [0.1, 0.15) is 23.7 Å². The molecule has 5 atom stereocenters. The lowest BCUT2D eigenvalue weighted by molar-refractivity contribution is -0.134. The number of aromatic nitrogens is 1. The van der Waals surface area contributed by atoms with Crippen molar-refractivity contribution >= 4 is 145 Å². The Morgan fingerprint density at radius 2 is 1.25 bits per heavy atom. The van der Waals surface area contributed by atoms with E-state index in [1.165, 1.54) is 14.2 Å². The number of fused-ring (bicyclic) bond motifs is 5. The summed E-state index contributed by atoms with van der Waals surface area (Å²) in [6, 6.07) is 22.5. The molecule has 1 unspecified atom stereocenters. The topological polar surface area (TPSA) is 156 Å². The van der Waals surface area contributed by atoms with Gasteiger partial charge in [0.05, 0.1) is 48.0 Å². The largest absolute Gasteiger partial charge is 0.464 e. The second kappa shape index (κ2) is 25.2. The quantitative estimate of drug-likeness (QED) is 0.118. The fraction of sp³-hybridized carbons (Fsp3) is 0.382. The van der Waals surface area contributed by atoms with E-state index in [4.69, 9.17) is 24.2 Å². The third-order valence-corrected chi connectivity index (χ3v) is 16.4. The highest BCUT2D eigenvalue weighted by Gasteiger charge is 2.41. The van der Waals surface area contributed by atoms with Crippen molar-refractivity contribution in [2.75, 3.05) is 27.3 Å². The van der Waals surface area contributed by atoms with Gasteiger partial charge in [-0.25, -0.2) is 14.0 Å². The number of rotatable bonds is 12. The minimum Gasteiger partial charge on any atom is -0.464 e. The van der Waals surface area contributed by atoms with Crippen LogP contribution in [0.25, 0.3) is 43.7 Å². The highest BCUT2D eigenvalue weighted by Crippen LogP contribution is 2.49. The van der Waals surface area contributed by atoms with Gasteiger partial charge in [0, 0.05) is 63.6 Å². The van der Waals surface area contributed by atoms with Crippen molar-refractivity contribution < 1.29 is 37.8 Å². The van der Waals surface area contributed by atoms with Gasteiger partial charge in [-0.3, -0.25) is 24.1 Å². The summed E-state index contributed by atoms with van der Waals surface area (Å²) in [6.07, 6.45) is 5.90. The first kappa shape index (κ1) is 60.3. The zero-order valence-corrected chi connectivity index (χ0v) is 50.0. The number of thiophene rings is 1. The lowest BCUT2D eigenvalue weighted by atomic mass is 9.95. The summed E-state index contributed by atoms with van der Waals surface area (Å²) in [7, 11) is 2.57. The van der Waals surface area contributed by atoms with E-state index in [0.717, 1.165) is 83.6 Å². The standard InChI is InChI=1S/C55H57FIN7O7S.4H2S/c1-29(2)49(60-54(67)69-5)51(65)62-19-7-9-42(62)39-23-35(27-58-39)32-13-16-41-34(21-32)25-44-48-38(56)22-33(26-45(48)71-53(64(41)44)47-18-17-46(72-47)31-11-14-37(57)15-12-31)36-24-40(59-28-36)43-10-8-20-63(43)52(66)50(30(3)4)61-55(68)70-6;;;;/h11-18,21-22,25-30,42-43,49-50,53H,7-10,19-20,23-24H2,1-6H3,(H,60,67)(H,61,68);4*1H2/t42-,43-,49-,50-,53?;;;;/m0..../s1. The number of alkyl carbamates (subject to hydrolysis) is 2. The van der Waals surface area contributed by atoms with Crippen LogP contribution in [-0.2, 0) is 19.1 Å². The molecule has 3 aromatic carbocycles. The predicted octanol–water partition coefficient (Wildman–Crippen LogP) is 11.3. The van der Waals surface area contributed by atoms with E-state index in [-0.39, 0.29) is 89.7 Å². The minimum atomic E-state index is -0.748. The number of methoxy groups -OCH3 is 2. The number of carbonyl (C=O) groups excluding carboxylic acids is 4. The molecule has 10 rings (SSSR count). The van der Waals surface area contributed by atoms with Crippen molar-refractivity contribution in [1.82, 2.24) is 25.0 Å². The molecule has 5 aromatic rings. The molecule has 21 heteroatoms. The molecule has 406 valence electrons. The van der Waals surface area contributed by atoms with E-state index in [9.17, 15) is 19.2 Å². The molecule has 0 saturated carbocycles. The van der Waals surface area contributed by atoms with Gasteiger partial charge in [0.2, 0.25) is 18.0 Å². The van der Waals surface area contributed by atoms with E-state index in [1.54, 1.807) is 23.6 Å². The summed E-state index contributed by atoms with van der Waals surface area (Å²) in [5.74, 6) is -0.619. The molecule has 2 aromatic heterocycles. The van der Waals surface area contributed by atoms with Crippen LogP contribution in [0.5, 0.6) is 5.75 Å². The molecular formula is C55H65FIN7O7S5. The lowest BCUT2D eigenvalue weighted by Gasteiger charge is -2.31. The number of nitrogens with one attached hydrogen (secondary N) is 2. The Balaban J connectivity index is 0.00000234. The number of halogens is 2. The van der Waals surface area contributed by atoms with Crippen LogP contribution < -0.4 is 15.4 Å². The molecule has 5 aliphatic heterocycles. The average Bonchev–Trinajstić information content (AvgIpc) is 4.24. The lowest BCUT2D eigenvalue weighted by Crippen LogP contribution is -2.53. The second-order valence-electron chi connectivity index (χ2n) is 19.7. The smallest absolute Gasteiger partial charge is 0.407 e. The molecule has 5 aliphatic rings. The fourth-order valence-corrected chi connectivity index (χ4v) is 12.2. The van der Waals surface area contributed by atoms with E-state index < -0.39 is 36.3 Å². The first-order chi connectivity index (χ1) is 34.7. The number of nitrogens with zero attached hydrogens (tertiary/aromatic N) is 5. The maximum absolute atomic E-state index is 17.1. The molecule has 2 fully saturated rings. The van der Waals surface area contributed by atoms with Crippen LogP contribution in [0.4, 0.5) is 14.0 Å².